The molecule has 0 aliphatic heterocycles. The smallest absolute Gasteiger partial charge is 0.497 e. The Labute approximate surface area is 159 Å². The maximum Gasteiger partial charge on any atom is 0.538 e. The number of unbranched alkanes of at least 4 members (excludes halogenated alkanes) is 1. The normalized spacial score (nSPS) is 12.0. The van der Waals surface area contributed by atoms with Crippen molar-refractivity contribution < 1.29 is 18.3 Å². The molecule has 0 saturated carbocycles. The SMILES string of the molecule is CCCCN(/C(O)=C(\[N+]#N)S(=O)(=O)c1ccccc1)c1ccc(OC)cc1. The quantitative estimate of drug-likeness (QED) is 0.535. The summed E-state index contributed by atoms with van der Waals surface area (Å²) in [4.78, 5) is 4.23. The summed E-state index contributed by atoms with van der Waals surface area (Å²) >= 11 is 0. The number of nitrogens with zero attached hydrogens (tertiary/aromatic N) is 3. The lowest BCUT2D eigenvalue weighted by Gasteiger charge is -2.22. The van der Waals surface area contributed by atoms with Gasteiger partial charge in [-0.2, -0.15) is 0 Å². The van der Waals surface area contributed by atoms with E-state index in [4.69, 9.17) is 4.74 Å². The predicted octanol–water partition coefficient (Wildman–Crippen LogP) is 4.31. The fourth-order valence-electron chi connectivity index (χ4n) is 2.48. The lowest BCUT2D eigenvalue weighted by atomic mass is 10.2. The molecule has 0 unspecified atom stereocenters. The van der Waals surface area contributed by atoms with Crippen molar-refractivity contribution in [1.82, 2.24) is 0 Å². The zero-order valence-electron chi connectivity index (χ0n) is 15.2. The molecule has 8 heteroatoms. The Morgan fingerprint density at radius 3 is 2.30 bits per heavy atom. The monoisotopic (exact) mass is 388 g/mol. The number of sulfone groups is 1. The number of hydrogen-bond donors (Lipinski definition) is 1. The number of methoxy groups -OCH3 is 1. The van der Waals surface area contributed by atoms with Crippen LogP contribution in [0.3, 0.4) is 0 Å². The number of aliphatic hydroxyl groups excluding tert-OH is 1. The third kappa shape index (κ3) is 4.57. The fraction of sp³-hybridized carbons (Fsp3) is 0.263. The number of diazo groups is 1. The first kappa shape index (κ1) is 20.3. The van der Waals surface area contributed by atoms with Crippen LogP contribution in [-0.4, -0.2) is 27.2 Å². The Balaban J connectivity index is 2.55. The molecule has 27 heavy (non-hydrogen) atoms. The van der Waals surface area contributed by atoms with Gasteiger partial charge >= 0.3 is 10.9 Å². The average molecular weight is 388 g/mol. The van der Waals surface area contributed by atoms with Crippen molar-refractivity contribution in [1.29, 1.82) is 5.39 Å². The standard InChI is InChI=1S/C19H21N3O4S/c1-3-4-14-22(15-10-12-16(26-2)13-11-15)19(23)18(21-20)27(24,25)17-8-6-5-7-9-17/h5-13H,3-4,14H2,1-2H3/p+1/b19-18-. The summed E-state index contributed by atoms with van der Waals surface area (Å²) in [5, 5.41) is 19.3. The molecule has 0 amide bonds. The van der Waals surface area contributed by atoms with Crippen molar-refractivity contribution in [3.63, 3.8) is 0 Å². The highest BCUT2D eigenvalue weighted by molar-refractivity contribution is 7.95. The molecular weight excluding hydrogens is 366 g/mol. The van der Waals surface area contributed by atoms with Crippen molar-refractivity contribution in [3.8, 4) is 5.75 Å². The van der Waals surface area contributed by atoms with Gasteiger partial charge in [0.1, 0.15) is 5.75 Å². The first-order valence-corrected chi connectivity index (χ1v) is 9.94. The van der Waals surface area contributed by atoms with Gasteiger partial charge in [-0.1, -0.05) is 31.5 Å². The van der Waals surface area contributed by atoms with Gasteiger partial charge in [0.05, 0.1) is 12.0 Å². The van der Waals surface area contributed by atoms with E-state index in [1.54, 1.807) is 42.5 Å². The van der Waals surface area contributed by atoms with Crippen LogP contribution in [0.2, 0.25) is 0 Å². The zero-order valence-corrected chi connectivity index (χ0v) is 16.1. The van der Waals surface area contributed by atoms with Gasteiger partial charge in [-0.15, -0.1) is 0 Å². The van der Waals surface area contributed by atoms with E-state index >= 15 is 0 Å². The molecule has 0 spiro atoms. The number of aliphatic hydroxyl groups is 1. The van der Waals surface area contributed by atoms with E-state index in [-0.39, 0.29) is 4.90 Å². The van der Waals surface area contributed by atoms with Gasteiger partial charge in [-0.05, 0) is 42.8 Å². The minimum absolute atomic E-state index is 0.0745. The van der Waals surface area contributed by atoms with Crippen LogP contribution in [0.1, 0.15) is 19.8 Å². The minimum Gasteiger partial charge on any atom is -0.497 e. The topological polar surface area (TPSA) is 95.0 Å². The van der Waals surface area contributed by atoms with Gasteiger partial charge < -0.3 is 14.7 Å². The van der Waals surface area contributed by atoms with Gasteiger partial charge in [0.25, 0.3) is 9.84 Å². The van der Waals surface area contributed by atoms with Gasteiger partial charge in [0, 0.05) is 12.2 Å². The van der Waals surface area contributed by atoms with Crippen molar-refractivity contribution in [2.45, 2.75) is 24.7 Å². The third-order valence-electron chi connectivity index (χ3n) is 3.97. The second kappa shape index (κ2) is 9.05. The Kier molecular flexibility index (Phi) is 6.79. The molecule has 142 valence electrons. The van der Waals surface area contributed by atoms with Crippen LogP contribution in [-0.2, 0) is 9.84 Å². The Hall–Kier alpha value is -3.05. The fourth-order valence-corrected chi connectivity index (χ4v) is 3.68. The van der Waals surface area contributed by atoms with Gasteiger partial charge in [0.15, 0.2) is 4.98 Å². The number of anilines is 1. The highest BCUT2D eigenvalue weighted by Crippen LogP contribution is 2.28. The maximum atomic E-state index is 12.8. The second-order valence-electron chi connectivity index (χ2n) is 5.75. The third-order valence-corrected chi connectivity index (χ3v) is 5.63. The molecule has 0 bridgehead atoms. The molecule has 0 aliphatic rings. The first-order valence-electron chi connectivity index (χ1n) is 8.45. The second-order valence-corrected chi connectivity index (χ2v) is 7.61. The number of rotatable bonds is 8. The molecule has 2 aromatic rings. The van der Waals surface area contributed by atoms with Gasteiger partial charge in [-0.25, -0.2) is 8.42 Å². The van der Waals surface area contributed by atoms with Crippen molar-refractivity contribution >= 4 is 15.5 Å². The molecule has 0 radical (unpaired) electrons. The van der Waals surface area contributed by atoms with E-state index in [1.165, 1.54) is 24.1 Å². The molecule has 0 atom stereocenters. The molecule has 0 saturated heterocycles. The summed E-state index contributed by atoms with van der Waals surface area (Å²) in [6.07, 6.45) is 1.52. The molecule has 0 aliphatic carbocycles. The lowest BCUT2D eigenvalue weighted by molar-refractivity contribution is 0.385. The van der Waals surface area contributed by atoms with E-state index in [9.17, 15) is 18.9 Å². The number of hydrogen-bond acceptors (Lipinski definition) is 6. The summed E-state index contributed by atoms with van der Waals surface area (Å²) in [5.41, 5.74) is 0.547. The molecule has 7 nitrogen and oxygen atoms in total. The van der Waals surface area contributed by atoms with Crippen molar-refractivity contribution in [2.75, 3.05) is 18.6 Å². The van der Waals surface area contributed by atoms with E-state index < -0.39 is 20.7 Å². The first-order chi connectivity index (χ1) is 13.0. The Morgan fingerprint density at radius 2 is 1.78 bits per heavy atom. The van der Waals surface area contributed by atoms with Crippen LogP contribution in [0, 0.1) is 5.39 Å². The van der Waals surface area contributed by atoms with Crippen LogP contribution < -0.4 is 9.64 Å². The van der Waals surface area contributed by atoms with Gasteiger partial charge in [-0.3, -0.25) is 0 Å². The highest BCUT2D eigenvalue weighted by atomic mass is 32.2. The summed E-state index contributed by atoms with van der Waals surface area (Å²) in [6.45, 7) is 2.32. The summed E-state index contributed by atoms with van der Waals surface area (Å²) in [6, 6.07) is 14.3. The van der Waals surface area contributed by atoms with Crippen LogP contribution in [0.5, 0.6) is 5.75 Å². The molecule has 2 aromatic carbocycles. The Morgan fingerprint density at radius 1 is 1.15 bits per heavy atom. The van der Waals surface area contributed by atoms with Crippen LogP contribution in [0.15, 0.2) is 70.4 Å². The predicted molar refractivity (Wildman–Crippen MR) is 104 cm³/mol. The molecule has 1 N–H and O–H groups in total. The maximum absolute atomic E-state index is 12.8. The van der Waals surface area contributed by atoms with Crippen LogP contribution in [0.4, 0.5) is 5.69 Å². The van der Waals surface area contributed by atoms with Crippen molar-refractivity contribution in [3.05, 3.63) is 70.5 Å². The number of ether oxygens (including phenoxy) is 1. The van der Waals surface area contributed by atoms with E-state index in [0.717, 1.165) is 6.42 Å². The van der Waals surface area contributed by atoms with Crippen molar-refractivity contribution in [2.24, 2.45) is 0 Å². The lowest BCUT2D eigenvalue weighted by Crippen LogP contribution is -2.26. The number of benzene rings is 2. The highest BCUT2D eigenvalue weighted by Gasteiger charge is 2.40. The molecule has 0 fully saturated rings. The summed E-state index contributed by atoms with van der Waals surface area (Å²) in [5.74, 6) is -0.0124. The van der Waals surface area contributed by atoms with Gasteiger partial charge in [0.2, 0.25) is 5.39 Å². The Bertz CT molecular complexity index is 933. The summed E-state index contributed by atoms with van der Waals surface area (Å²) < 4.78 is 30.7. The average Bonchev–Trinajstić information content (AvgIpc) is 2.69. The molecule has 2 rings (SSSR count). The van der Waals surface area contributed by atoms with Crippen LogP contribution in [0.25, 0.3) is 4.98 Å². The van der Waals surface area contributed by atoms with E-state index in [0.29, 0.717) is 24.4 Å². The molecular formula is C19H22N3O4S+. The zero-order chi connectivity index (χ0) is 19.9. The van der Waals surface area contributed by atoms with E-state index in [1.807, 2.05) is 6.92 Å². The largest absolute Gasteiger partial charge is 0.538 e. The summed E-state index contributed by atoms with van der Waals surface area (Å²) in [7, 11) is -2.66. The molecule has 0 aromatic heterocycles. The minimum atomic E-state index is -4.19. The van der Waals surface area contributed by atoms with Crippen LogP contribution >= 0.6 is 0 Å². The van der Waals surface area contributed by atoms with E-state index in [2.05, 4.69) is 4.98 Å². The molecule has 0 heterocycles.